The smallest absolute Gasteiger partial charge is 0.497 e. The summed E-state index contributed by atoms with van der Waals surface area (Å²) in [6, 6.07) is 37.2. The van der Waals surface area contributed by atoms with Crippen molar-refractivity contribution in [1.29, 1.82) is 0 Å². The molecule has 9 aromatic rings. The van der Waals surface area contributed by atoms with Gasteiger partial charge in [-0.1, -0.05) is 122 Å². The Kier molecular flexibility index (Phi) is 7.34. The molecule has 0 fully saturated rings. The number of imidazole rings is 2. The Labute approximate surface area is 293 Å². The summed E-state index contributed by atoms with van der Waals surface area (Å²) in [4.78, 5) is 9.45. The number of aromatic nitrogens is 4. The molecule has 0 aliphatic heterocycles. The minimum Gasteiger partial charge on any atom is -0.497 e. The molecule has 0 saturated heterocycles. The molecule has 0 atom stereocenters. The van der Waals surface area contributed by atoms with Crippen molar-refractivity contribution < 1.29 is 25.8 Å². The van der Waals surface area contributed by atoms with Crippen LogP contribution >= 0.6 is 0 Å². The van der Waals surface area contributed by atoms with Crippen molar-refractivity contribution in [3.63, 3.8) is 0 Å². The molecule has 4 heterocycles. The molecule has 0 aliphatic carbocycles. The average Bonchev–Trinajstić information content (AvgIpc) is 3.79. The van der Waals surface area contributed by atoms with Crippen molar-refractivity contribution in [2.75, 3.05) is 0 Å². The quantitative estimate of drug-likeness (QED) is 0.129. The predicted molar refractivity (Wildman–Crippen MR) is 192 cm³/mol. The van der Waals surface area contributed by atoms with Gasteiger partial charge in [-0.3, -0.25) is 9.97 Å². The molecule has 5 aromatic carbocycles. The third kappa shape index (κ3) is 4.63. The third-order valence-electron chi connectivity index (χ3n) is 9.45. The van der Waals surface area contributed by atoms with E-state index in [1.165, 1.54) is 22.3 Å². The van der Waals surface area contributed by atoms with Crippen LogP contribution in [0.2, 0.25) is 0 Å². The number of nitrogens with zero attached hydrogens (tertiary/aromatic N) is 4. The van der Waals surface area contributed by atoms with Crippen LogP contribution in [0.1, 0.15) is 50.7 Å². The van der Waals surface area contributed by atoms with Gasteiger partial charge in [-0.05, 0) is 57.0 Å². The molecule has 0 bridgehead atoms. The van der Waals surface area contributed by atoms with E-state index in [4.69, 9.17) is 9.72 Å². The number of ether oxygens (including phenoxy) is 1. The second kappa shape index (κ2) is 11.6. The minimum atomic E-state index is 0. The van der Waals surface area contributed by atoms with Gasteiger partial charge in [0.2, 0.25) is 0 Å². The molecule has 0 aliphatic rings. The monoisotopic (exact) mass is 803 g/mol. The first-order valence-electron chi connectivity index (χ1n) is 16.2. The van der Waals surface area contributed by atoms with E-state index in [-0.39, 0.29) is 21.1 Å². The third-order valence-corrected chi connectivity index (χ3v) is 9.45. The van der Waals surface area contributed by atoms with Crippen molar-refractivity contribution >= 4 is 54.6 Å². The number of hydrogen-bond acceptors (Lipinski definition) is 3. The van der Waals surface area contributed by atoms with Gasteiger partial charge in [0.05, 0.1) is 11.3 Å². The fourth-order valence-corrected chi connectivity index (χ4v) is 7.26. The zero-order valence-corrected chi connectivity index (χ0v) is 29.3. The Morgan fingerprint density at radius 2 is 1.12 bits per heavy atom. The molecule has 48 heavy (non-hydrogen) atoms. The number of hydrogen-bond donors (Lipinski definition) is 0. The maximum atomic E-state index is 6.43. The van der Waals surface area contributed by atoms with Crippen LogP contribution < -0.4 is 4.74 Å². The standard InChI is InChI=1S/C42H32N4O.Pt/c1-25(2)30-9-7-10-31(26(3)4)40(30)27-12-15-35-33-17-14-29(24-37(33)42-44-19-21-46(42)39(35)22-27)47-28-13-16-32-34-8-5-6-11-38(34)45-20-18-43-41(45)36(32)23-28;/h5-22,25-26H,1-4H3;/q-2;+2. The van der Waals surface area contributed by atoms with Gasteiger partial charge in [-0.25, -0.2) is 0 Å². The zero-order valence-electron chi connectivity index (χ0n) is 27.1. The molecule has 0 radical (unpaired) electrons. The van der Waals surface area contributed by atoms with Gasteiger partial charge >= 0.3 is 21.1 Å². The van der Waals surface area contributed by atoms with Crippen LogP contribution in [-0.2, 0) is 21.1 Å². The molecule has 9 rings (SSSR count). The Morgan fingerprint density at radius 1 is 0.583 bits per heavy atom. The summed E-state index contributed by atoms with van der Waals surface area (Å²) in [6.45, 7) is 9.10. The van der Waals surface area contributed by atoms with Gasteiger partial charge in [0.1, 0.15) is 0 Å². The maximum absolute atomic E-state index is 6.43. The van der Waals surface area contributed by atoms with Gasteiger partial charge in [-0.2, -0.15) is 0 Å². The molecular formula is C42H32N4OPt. The van der Waals surface area contributed by atoms with Crippen molar-refractivity contribution in [1.82, 2.24) is 18.8 Å². The Bertz CT molecular complexity index is 2660. The van der Waals surface area contributed by atoms with Crippen LogP contribution in [0.5, 0.6) is 11.5 Å². The van der Waals surface area contributed by atoms with E-state index < -0.39 is 0 Å². The van der Waals surface area contributed by atoms with E-state index in [9.17, 15) is 0 Å². The van der Waals surface area contributed by atoms with Crippen LogP contribution in [0.15, 0.2) is 110 Å². The summed E-state index contributed by atoms with van der Waals surface area (Å²) in [7, 11) is 0. The predicted octanol–water partition coefficient (Wildman–Crippen LogP) is 10.9. The Hall–Kier alpha value is -4.99. The number of fused-ring (bicyclic) bond motifs is 12. The molecule has 5 nitrogen and oxygen atoms in total. The summed E-state index contributed by atoms with van der Waals surface area (Å²) in [5.74, 6) is 2.06. The zero-order chi connectivity index (χ0) is 31.8. The largest absolute Gasteiger partial charge is 2.00 e. The van der Waals surface area contributed by atoms with Crippen molar-refractivity contribution in [3.8, 4) is 22.6 Å². The molecule has 0 N–H and O–H groups in total. The SMILES string of the molecule is CC(C)c1cccc(C(C)C)c1-c1ccc2c3ccc(Oc4[c-]c5c(cc4)c4ccccc4n4ccnc54)[c-]c3c3nccn3c2c1.[Pt+2]. The van der Waals surface area contributed by atoms with Crippen molar-refractivity contribution in [2.45, 2.75) is 39.5 Å². The normalized spacial score (nSPS) is 12.0. The van der Waals surface area contributed by atoms with Gasteiger partial charge in [-0.15, -0.1) is 12.1 Å². The number of pyridine rings is 2. The first kappa shape index (κ1) is 30.3. The summed E-state index contributed by atoms with van der Waals surface area (Å²) in [5.41, 5.74) is 9.27. The topological polar surface area (TPSA) is 43.8 Å². The summed E-state index contributed by atoms with van der Waals surface area (Å²) >= 11 is 0. The second-order valence-electron chi connectivity index (χ2n) is 12.9. The Balaban J connectivity index is 0.00000336. The van der Waals surface area contributed by atoms with Crippen LogP contribution in [0.25, 0.3) is 65.8 Å². The number of rotatable bonds is 5. The number of benzene rings is 5. The molecular weight excluding hydrogens is 772 g/mol. The fourth-order valence-electron chi connectivity index (χ4n) is 7.26. The van der Waals surface area contributed by atoms with Crippen LogP contribution in [0.3, 0.4) is 0 Å². The van der Waals surface area contributed by atoms with Crippen LogP contribution in [-0.4, -0.2) is 18.8 Å². The minimum absolute atomic E-state index is 0. The summed E-state index contributed by atoms with van der Waals surface area (Å²) < 4.78 is 10.7. The van der Waals surface area contributed by atoms with Gasteiger partial charge in [0, 0.05) is 47.3 Å². The van der Waals surface area contributed by atoms with Gasteiger partial charge in [0.25, 0.3) is 0 Å². The van der Waals surface area contributed by atoms with Crippen LogP contribution in [0, 0.1) is 12.1 Å². The molecule has 0 amide bonds. The summed E-state index contributed by atoms with van der Waals surface area (Å²) in [6.07, 6.45) is 7.72. The van der Waals surface area contributed by atoms with Gasteiger partial charge in [0.15, 0.2) is 0 Å². The van der Waals surface area contributed by atoms with Crippen molar-refractivity contribution in [2.24, 2.45) is 0 Å². The maximum Gasteiger partial charge on any atom is 2.00 e. The average molecular weight is 804 g/mol. The molecule has 4 aromatic heterocycles. The first-order chi connectivity index (χ1) is 23.0. The van der Waals surface area contributed by atoms with Crippen LogP contribution in [0.4, 0.5) is 0 Å². The number of para-hydroxylation sites is 1. The van der Waals surface area contributed by atoms with Gasteiger partial charge < -0.3 is 13.5 Å². The molecule has 236 valence electrons. The van der Waals surface area contributed by atoms with E-state index >= 15 is 0 Å². The molecule has 0 spiro atoms. The second-order valence-corrected chi connectivity index (χ2v) is 12.9. The van der Waals surface area contributed by atoms with E-state index in [2.05, 4.69) is 126 Å². The van der Waals surface area contributed by atoms with E-state index in [1.54, 1.807) is 0 Å². The molecule has 6 heteroatoms. The van der Waals surface area contributed by atoms with E-state index in [0.717, 1.165) is 54.6 Å². The van der Waals surface area contributed by atoms with E-state index in [0.29, 0.717) is 23.3 Å². The summed E-state index contributed by atoms with van der Waals surface area (Å²) in [5, 5.41) is 6.32. The van der Waals surface area contributed by atoms with Crippen molar-refractivity contribution in [3.05, 3.63) is 133 Å². The Morgan fingerprint density at radius 3 is 1.73 bits per heavy atom. The van der Waals surface area contributed by atoms with E-state index in [1.807, 2.05) is 36.9 Å². The molecule has 0 saturated carbocycles. The fraction of sp³-hybridized carbons (Fsp3) is 0.143. The molecule has 0 unspecified atom stereocenters. The first-order valence-corrected chi connectivity index (χ1v) is 16.2.